The minimum atomic E-state index is -0.662. The highest BCUT2D eigenvalue weighted by Crippen LogP contribution is 2.29. The number of amides is 4. The van der Waals surface area contributed by atoms with Crippen molar-refractivity contribution in [3.8, 4) is 5.69 Å². The SMILES string of the molecule is CC[C@@H]1CN(C(=O)c2cn(-c3ccc4c(c3)C(=O)N(C3CCC(=O)NC3=O)C4)nn2)C[C@H](C)N1. The van der Waals surface area contributed by atoms with Crippen LogP contribution in [0.3, 0.4) is 0 Å². The first-order chi connectivity index (χ1) is 16.3. The Balaban J connectivity index is 1.33. The van der Waals surface area contributed by atoms with Gasteiger partial charge in [0.1, 0.15) is 6.04 Å². The summed E-state index contributed by atoms with van der Waals surface area (Å²) in [6, 6.07) is 5.12. The molecule has 0 aliphatic carbocycles. The van der Waals surface area contributed by atoms with E-state index < -0.39 is 11.9 Å². The summed E-state index contributed by atoms with van der Waals surface area (Å²) in [7, 11) is 0. The van der Waals surface area contributed by atoms with E-state index in [0.717, 1.165) is 12.0 Å². The third-order valence-electron chi connectivity index (χ3n) is 6.72. The number of carbonyl (C=O) groups is 4. The average Bonchev–Trinajstić information content (AvgIpc) is 3.43. The van der Waals surface area contributed by atoms with Crippen LogP contribution in [0.15, 0.2) is 24.4 Å². The van der Waals surface area contributed by atoms with Gasteiger partial charge in [-0.3, -0.25) is 24.5 Å². The van der Waals surface area contributed by atoms with Crippen LogP contribution in [0.5, 0.6) is 0 Å². The van der Waals surface area contributed by atoms with Gasteiger partial charge in [0, 0.05) is 43.7 Å². The summed E-state index contributed by atoms with van der Waals surface area (Å²) < 4.78 is 1.48. The molecule has 3 atom stereocenters. The minimum absolute atomic E-state index is 0.167. The number of fused-ring (bicyclic) bond motifs is 1. The number of rotatable bonds is 4. The van der Waals surface area contributed by atoms with Gasteiger partial charge in [-0.25, -0.2) is 4.68 Å². The predicted octanol–water partition coefficient (Wildman–Crippen LogP) is 0.241. The molecule has 3 aliphatic heterocycles. The number of hydrogen-bond donors (Lipinski definition) is 2. The van der Waals surface area contributed by atoms with Gasteiger partial charge < -0.3 is 15.1 Å². The molecule has 0 saturated carbocycles. The van der Waals surface area contributed by atoms with Crippen molar-refractivity contribution in [2.75, 3.05) is 13.1 Å². The first-order valence-corrected chi connectivity index (χ1v) is 11.6. The summed E-state index contributed by atoms with van der Waals surface area (Å²) in [4.78, 5) is 53.1. The Hall–Kier alpha value is -3.60. The van der Waals surface area contributed by atoms with Crippen molar-refractivity contribution in [2.45, 2.75) is 57.8 Å². The van der Waals surface area contributed by atoms with Gasteiger partial charge in [0.2, 0.25) is 11.8 Å². The standard InChI is InChI=1S/C23H27N7O4/c1-3-15-11-28(9-13(2)24-15)23(34)18-12-30(27-26-18)16-5-4-14-10-29(22(33)17(14)8-16)19-6-7-20(31)25-21(19)32/h4-5,8,12-13,15,19,24H,3,6-7,9-11H2,1-2H3,(H,25,31,32)/t13-,15+,19?/m0/s1. The number of piperidine rings is 1. The Morgan fingerprint density at radius 3 is 2.79 bits per heavy atom. The second-order valence-corrected chi connectivity index (χ2v) is 9.17. The van der Waals surface area contributed by atoms with E-state index in [4.69, 9.17) is 0 Å². The molecule has 4 heterocycles. The summed E-state index contributed by atoms with van der Waals surface area (Å²) in [6.07, 6.45) is 3.03. The van der Waals surface area contributed by atoms with E-state index in [9.17, 15) is 19.2 Å². The summed E-state index contributed by atoms with van der Waals surface area (Å²) in [5.41, 5.74) is 2.13. The molecule has 11 heteroatoms. The van der Waals surface area contributed by atoms with Gasteiger partial charge in [-0.05, 0) is 37.5 Å². The van der Waals surface area contributed by atoms with E-state index in [1.807, 2.05) is 12.1 Å². The lowest BCUT2D eigenvalue weighted by Crippen LogP contribution is -2.56. The van der Waals surface area contributed by atoms with Gasteiger partial charge in [0.05, 0.1) is 11.9 Å². The van der Waals surface area contributed by atoms with Crippen molar-refractivity contribution in [3.63, 3.8) is 0 Å². The zero-order chi connectivity index (χ0) is 24.0. The zero-order valence-electron chi connectivity index (χ0n) is 19.2. The second-order valence-electron chi connectivity index (χ2n) is 9.17. The Bertz CT molecular complexity index is 1180. The van der Waals surface area contributed by atoms with Crippen LogP contribution >= 0.6 is 0 Å². The Morgan fingerprint density at radius 2 is 2.03 bits per heavy atom. The average molecular weight is 466 g/mol. The molecule has 0 bridgehead atoms. The van der Waals surface area contributed by atoms with Crippen molar-refractivity contribution in [1.29, 1.82) is 0 Å². The normalized spacial score (nSPS) is 24.9. The van der Waals surface area contributed by atoms with E-state index in [0.29, 0.717) is 37.3 Å². The molecule has 2 saturated heterocycles. The van der Waals surface area contributed by atoms with Gasteiger partial charge in [-0.1, -0.05) is 18.2 Å². The highest BCUT2D eigenvalue weighted by atomic mass is 16.2. The van der Waals surface area contributed by atoms with Crippen molar-refractivity contribution < 1.29 is 19.2 Å². The number of nitrogens with one attached hydrogen (secondary N) is 2. The highest BCUT2D eigenvalue weighted by Gasteiger charge is 2.39. The number of piperazine rings is 1. The molecular formula is C23H27N7O4. The molecule has 3 aliphatic rings. The topological polar surface area (TPSA) is 130 Å². The van der Waals surface area contributed by atoms with Gasteiger partial charge in [0.25, 0.3) is 11.8 Å². The van der Waals surface area contributed by atoms with Crippen LogP contribution in [0.4, 0.5) is 0 Å². The first kappa shape index (κ1) is 22.2. The molecule has 2 fully saturated rings. The van der Waals surface area contributed by atoms with Crippen molar-refractivity contribution in [1.82, 2.24) is 35.4 Å². The Labute approximate surface area is 196 Å². The fourth-order valence-electron chi connectivity index (χ4n) is 4.93. The lowest BCUT2D eigenvalue weighted by molar-refractivity contribution is -0.136. The van der Waals surface area contributed by atoms with Gasteiger partial charge in [-0.2, -0.15) is 0 Å². The third kappa shape index (κ3) is 3.96. The third-order valence-corrected chi connectivity index (χ3v) is 6.72. The number of aromatic nitrogens is 3. The maximum atomic E-state index is 13.1. The molecule has 11 nitrogen and oxygen atoms in total. The van der Waals surface area contributed by atoms with Crippen LogP contribution in [0, 0.1) is 0 Å². The Morgan fingerprint density at radius 1 is 1.21 bits per heavy atom. The number of carbonyl (C=O) groups excluding carboxylic acids is 4. The van der Waals surface area contributed by atoms with Gasteiger partial charge in [-0.15, -0.1) is 5.10 Å². The van der Waals surface area contributed by atoms with E-state index in [1.54, 1.807) is 17.2 Å². The molecule has 4 amide bonds. The lowest BCUT2D eigenvalue weighted by atomic mass is 10.0. The Kier molecular flexibility index (Phi) is 5.64. The molecular weight excluding hydrogens is 438 g/mol. The summed E-state index contributed by atoms with van der Waals surface area (Å²) in [5.74, 6) is -1.18. The minimum Gasteiger partial charge on any atom is -0.334 e. The second kappa shape index (κ2) is 8.64. The van der Waals surface area contributed by atoms with Crippen molar-refractivity contribution in [3.05, 3.63) is 41.2 Å². The van der Waals surface area contributed by atoms with E-state index >= 15 is 0 Å². The molecule has 0 radical (unpaired) electrons. The van der Waals surface area contributed by atoms with Crippen LogP contribution in [0.2, 0.25) is 0 Å². The van der Waals surface area contributed by atoms with Gasteiger partial charge >= 0.3 is 0 Å². The van der Waals surface area contributed by atoms with Crippen molar-refractivity contribution in [2.24, 2.45) is 0 Å². The summed E-state index contributed by atoms with van der Waals surface area (Å²) >= 11 is 0. The fraction of sp³-hybridized carbons (Fsp3) is 0.478. The largest absolute Gasteiger partial charge is 0.334 e. The quantitative estimate of drug-likeness (QED) is 0.619. The monoisotopic (exact) mass is 465 g/mol. The van der Waals surface area contributed by atoms with Crippen LogP contribution in [0.1, 0.15) is 59.5 Å². The molecule has 178 valence electrons. The van der Waals surface area contributed by atoms with Gasteiger partial charge in [0.15, 0.2) is 5.69 Å². The zero-order valence-corrected chi connectivity index (χ0v) is 19.2. The molecule has 2 N–H and O–H groups in total. The number of benzene rings is 1. The van der Waals surface area contributed by atoms with Crippen molar-refractivity contribution >= 4 is 23.6 Å². The fourth-order valence-corrected chi connectivity index (χ4v) is 4.93. The van der Waals surface area contributed by atoms with Crippen LogP contribution < -0.4 is 10.6 Å². The predicted molar refractivity (Wildman–Crippen MR) is 120 cm³/mol. The van der Waals surface area contributed by atoms with Crippen LogP contribution in [-0.4, -0.2) is 79.6 Å². The molecule has 1 unspecified atom stereocenters. The number of hydrogen-bond acceptors (Lipinski definition) is 7. The maximum Gasteiger partial charge on any atom is 0.276 e. The molecule has 1 aromatic carbocycles. The smallest absolute Gasteiger partial charge is 0.276 e. The molecule has 2 aromatic rings. The first-order valence-electron chi connectivity index (χ1n) is 11.6. The number of imide groups is 1. The molecule has 34 heavy (non-hydrogen) atoms. The van der Waals surface area contributed by atoms with Crippen LogP contribution in [-0.2, 0) is 16.1 Å². The van der Waals surface area contributed by atoms with E-state index in [1.165, 1.54) is 9.58 Å². The lowest BCUT2D eigenvalue weighted by Gasteiger charge is -2.36. The van der Waals surface area contributed by atoms with E-state index in [2.05, 4.69) is 34.8 Å². The molecule has 1 aromatic heterocycles. The molecule has 5 rings (SSSR count). The maximum absolute atomic E-state index is 13.1. The summed E-state index contributed by atoms with van der Waals surface area (Å²) in [5, 5.41) is 14.0. The number of nitrogens with zero attached hydrogens (tertiary/aromatic N) is 5. The van der Waals surface area contributed by atoms with Crippen LogP contribution in [0.25, 0.3) is 5.69 Å². The van der Waals surface area contributed by atoms with E-state index in [-0.39, 0.29) is 41.9 Å². The molecule has 0 spiro atoms. The highest BCUT2D eigenvalue weighted by molar-refractivity contribution is 6.05. The summed E-state index contributed by atoms with van der Waals surface area (Å²) in [6.45, 7) is 5.67.